The number of nitrogens with zero attached hydrogens (tertiary/aromatic N) is 1. The number of rotatable bonds is 7. The van der Waals surface area contributed by atoms with Gasteiger partial charge in [-0.25, -0.2) is 0 Å². The monoisotopic (exact) mass is 268 g/mol. The predicted octanol–water partition coefficient (Wildman–Crippen LogP) is 3.32. The summed E-state index contributed by atoms with van der Waals surface area (Å²) in [6, 6.07) is 7.28. The van der Waals surface area contributed by atoms with Crippen LogP contribution in [-0.4, -0.2) is 23.8 Å². The van der Waals surface area contributed by atoms with Gasteiger partial charge in [-0.1, -0.05) is 32.4 Å². The summed E-state index contributed by atoms with van der Waals surface area (Å²) in [5.41, 5.74) is 0.196. The number of nitro benzene ring substituents is 1. The van der Waals surface area contributed by atoms with E-state index < -0.39 is 0 Å². The van der Waals surface area contributed by atoms with E-state index >= 15 is 0 Å². The van der Waals surface area contributed by atoms with Gasteiger partial charge in [0, 0.05) is 17.9 Å². The Kier molecular flexibility index (Phi) is 6.15. The minimum atomic E-state index is -0.319. The molecule has 0 spiro atoms. The summed E-state index contributed by atoms with van der Waals surface area (Å²) in [5, 5.41) is 14.2. The molecule has 100 valence electrons. The fraction of sp³-hybridized carbons (Fsp3) is 0.538. The maximum absolute atomic E-state index is 10.9. The van der Waals surface area contributed by atoms with Crippen LogP contribution >= 0.6 is 11.8 Å². The Labute approximate surface area is 112 Å². The summed E-state index contributed by atoms with van der Waals surface area (Å²) in [4.78, 5) is 11.3. The van der Waals surface area contributed by atoms with Gasteiger partial charge in [0.2, 0.25) is 0 Å². The molecule has 1 aromatic rings. The fourth-order valence-electron chi connectivity index (χ4n) is 1.73. The van der Waals surface area contributed by atoms with Gasteiger partial charge in [-0.3, -0.25) is 10.1 Å². The first-order valence-electron chi connectivity index (χ1n) is 6.13. The van der Waals surface area contributed by atoms with E-state index in [0.717, 1.165) is 17.1 Å². The van der Waals surface area contributed by atoms with E-state index in [0.29, 0.717) is 12.0 Å². The molecule has 0 aliphatic heterocycles. The van der Waals surface area contributed by atoms with E-state index in [4.69, 9.17) is 0 Å². The van der Waals surface area contributed by atoms with Gasteiger partial charge in [-0.05, 0) is 19.0 Å². The average Bonchev–Trinajstić information content (AvgIpc) is 2.39. The molecule has 4 nitrogen and oxygen atoms in total. The SMILES string of the molecule is CCC(C)C(CSc1ccccc1[N+](=O)[O-])NC. The average molecular weight is 268 g/mol. The van der Waals surface area contributed by atoms with Crippen molar-refractivity contribution in [3.05, 3.63) is 34.4 Å². The summed E-state index contributed by atoms with van der Waals surface area (Å²) in [6.07, 6.45) is 1.10. The van der Waals surface area contributed by atoms with E-state index in [2.05, 4.69) is 19.2 Å². The van der Waals surface area contributed by atoms with Gasteiger partial charge >= 0.3 is 0 Å². The lowest BCUT2D eigenvalue weighted by Crippen LogP contribution is -2.34. The van der Waals surface area contributed by atoms with Crippen LogP contribution in [0.2, 0.25) is 0 Å². The first kappa shape index (κ1) is 15.0. The van der Waals surface area contributed by atoms with Crippen LogP contribution in [0.4, 0.5) is 5.69 Å². The maximum atomic E-state index is 10.9. The maximum Gasteiger partial charge on any atom is 0.282 e. The van der Waals surface area contributed by atoms with E-state index in [9.17, 15) is 10.1 Å². The zero-order valence-corrected chi connectivity index (χ0v) is 11.9. The molecule has 0 amide bonds. The molecule has 0 radical (unpaired) electrons. The second kappa shape index (κ2) is 7.38. The van der Waals surface area contributed by atoms with Crippen molar-refractivity contribution in [3.63, 3.8) is 0 Å². The quantitative estimate of drug-likeness (QED) is 0.468. The second-order valence-corrected chi connectivity index (χ2v) is 5.38. The third kappa shape index (κ3) is 3.99. The summed E-state index contributed by atoms with van der Waals surface area (Å²) >= 11 is 1.55. The molecule has 1 N–H and O–H groups in total. The van der Waals surface area contributed by atoms with Crippen LogP contribution in [0.3, 0.4) is 0 Å². The standard InChI is InChI=1S/C13H20N2O2S/c1-4-10(2)11(14-3)9-18-13-8-6-5-7-12(13)15(16)17/h5-8,10-11,14H,4,9H2,1-3H3. The molecule has 0 heterocycles. The topological polar surface area (TPSA) is 55.2 Å². The summed E-state index contributed by atoms with van der Waals surface area (Å²) in [6.45, 7) is 4.35. The molecule has 1 rings (SSSR count). The van der Waals surface area contributed by atoms with Gasteiger partial charge in [-0.2, -0.15) is 0 Å². The molecule has 0 fully saturated rings. The zero-order chi connectivity index (χ0) is 13.5. The van der Waals surface area contributed by atoms with Gasteiger partial charge in [-0.15, -0.1) is 11.8 Å². The van der Waals surface area contributed by atoms with Crippen molar-refractivity contribution in [3.8, 4) is 0 Å². The third-order valence-electron chi connectivity index (χ3n) is 3.18. The molecular weight excluding hydrogens is 248 g/mol. The van der Waals surface area contributed by atoms with Crippen molar-refractivity contribution in [1.29, 1.82) is 0 Å². The van der Waals surface area contributed by atoms with Crippen molar-refractivity contribution in [2.75, 3.05) is 12.8 Å². The van der Waals surface area contributed by atoms with Gasteiger partial charge in [0.1, 0.15) is 0 Å². The zero-order valence-electron chi connectivity index (χ0n) is 11.1. The number of para-hydroxylation sites is 1. The lowest BCUT2D eigenvalue weighted by molar-refractivity contribution is -0.387. The highest BCUT2D eigenvalue weighted by atomic mass is 32.2. The minimum Gasteiger partial charge on any atom is -0.316 e. The number of nitrogens with one attached hydrogen (secondary N) is 1. The van der Waals surface area contributed by atoms with Crippen molar-refractivity contribution >= 4 is 17.4 Å². The number of benzene rings is 1. The molecule has 0 aromatic heterocycles. The molecule has 18 heavy (non-hydrogen) atoms. The van der Waals surface area contributed by atoms with Crippen LogP contribution in [0.1, 0.15) is 20.3 Å². The van der Waals surface area contributed by atoms with E-state index in [1.54, 1.807) is 23.9 Å². The summed E-state index contributed by atoms with van der Waals surface area (Å²) < 4.78 is 0. The number of nitro groups is 1. The fourth-order valence-corrected chi connectivity index (χ4v) is 3.05. The largest absolute Gasteiger partial charge is 0.316 e. The molecule has 0 saturated heterocycles. The van der Waals surface area contributed by atoms with Crippen LogP contribution in [0.25, 0.3) is 0 Å². The van der Waals surface area contributed by atoms with Crippen molar-refractivity contribution in [1.82, 2.24) is 5.32 Å². The van der Waals surface area contributed by atoms with E-state index in [1.165, 1.54) is 0 Å². The van der Waals surface area contributed by atoms with Crippen molar-refractivity contribution in [2.24, 2.45) is 5.92 Å². The number of hydrogen-bond donors (Lipinski definition) is 1. The summed E-state index contributed by atoms with van der Waals surface area (Å²) in [7, 11) is 1.94. The Hall–Kier alpha value is -1.07. The number of hydrogen-bond acceptors (Lipinski definition) is 4. The predicted molar refractivity (Wildman–Crippen MR) is 76.1 cm³/mol. The number of thioether (sulfide) groups is 1. The van der Waals surface area contributed by atoms with Gasteiger partial charge in [0.25, 0.3) is 5.69 Å². The van der Waals surface area contributed by atoms with Gasteiger partial charge < -0.3 is 5.32 Å². The highest BCUT2D eigenvalue weighted by Gasteiger charge is 2.17. The Morgan fingerprint density at radius 1 is 1.44 bits per heavy atom. The minimum absolute atomic E-state index is 0.196. The third-order valence-corrected chi connectivity index (χ3v) is 4.36. The molecule has 0 aliphatic carbocycles. The van der Waals surface area contributed by atoms with Crippen LogP contribution in [0.5, 0.6) is 0 Å². The van der Waals surface area contributed by atoms with Gasteiger partial charge in [0.15, 0.2) is 0 Å². The molecule has 0 bridgehead atoms. The van der Waals surface area contributed by atoms with Crippen LogP contribution in [0.15, 0.2) is 29.2 Å². The van der Waals surface area contributed by atoms with Gasteiger partial charge in [0.05, 0.1) is 9.82 Å². The van der Waals surface area contributed by atoms with Crippen LogP contribution in [0, 0.1) is 16.0 Å². The van der Waals surface area contributed by atoms with Crippen molar-refractivity contribution in [2.45, 2.75) is 31.2 Å². The Bertz CT molecular complexity index is 398. The normalized spacial score (nSPS) is 14.2. The molecule has 0 aliphatic rings. The molecule has 5 heteroatoms. The highest BCUT2D eigenvalue weighted by molar-refractivity contribution is 7.99. The lowest BCUT2D eigenvalue weighted by Gasteiger charge is -2.21. The molecular formula is C13H20N2O2S. The van der Waals surface area contributed by atoms with Crippen LogP contribution < -0.4 is 5.32 Å². The molecule has 2 unspecified atom stereocenters. The van der Waals surface area contributed by atoms with E-state index in [-0.39, 0.29) is 10.6 Å². The Morgan fingerprint density at radius 2 is 2.11 bits per heavy atom. The van der Waals surface area contributed by atoms with E-state index in [1.807, 2.05) is 19.2 Å². The Morgan fingerprint density at radius 3 is 2.67 bits per heavy atom. The molecule has 2 atom stereocenters. The molecule has 0 saturated carbocycles. The first-order chi connectivity index (χ1) is 8.60. The second-order valence-electron chi connectivity index (χ2n) is 4.32. The highest BCUT2D eigenvalue weighted by Crippen LogP contribution is 2.30. The Balaban J connectivity index is 2.70. The smallest absolute Gasteiger partial charge is 0.282 e. The summed E-state index contributed by atoms with van der Waals surface area (Å²) in [5.74, 6) is 1.40. The first-order valence-corrected chi connectivity index (χ1v) is 7.12. The van der Waals surface area contributed by atoms with Crippen LogP contribution in [-0.2, 0) is 0 Å². The molecule has 1 aromatic carbocycles. The van der Waals surface area contributed by atoms with Crippen molar-refractivity contribution < 1.29 is 4.92 Å². The lowest BCUT2D eigenvalue weighted by atomic mass is 10.0.